The Bertz CT molecular complexity index is 241. The maximum absolute atomic E-state index is 11.1. The summed E-state index contributed by atoms with van der Waals surface area (Å²) in [7, 11) is 2.15. The number of esters is 1. The van der Waals surface area contributed by atoms with Crippen molar-refractivity contribution in [3.05, 3.63) is 12.2 Å². The summed E-state index contributed by atoms with van der Waals surface area (Å²) in [6, 6.07) is 0. The lowest BCUT2D eigenvalue weighted by Crippen LogP contribution is -2.29. The smallest absolute Gasteiger partial charge is 0.330 e. The highest BCUT2D eigenvalue weighted by Crippen LogP contribution is 2.00. The number of carbonyl (C=O) groups is 1. The summed E-state index contributed by atoms with van der Waals surface area (Å²) in [6.45, 7) is 7.55. The highest BCUT2D eigenvalue weighted by atomic mass is 16.5. The van der Waals surface area contributed by atoms with E-state index in [1.165, 1.54) is 12.5 Å². The van der Waals surface area contributed by atoms with E-state index in [9.17, 15) is 4.79 Å². The van der Waals surface area contributed by atoms with Gasteiger partial charge in [0.1, 0.15) is 0 Å². The molecule has 0 unspecified atom stereocenters. The molecule has 0 bridgehead atoms. The Kier molecular flexibility index (Phi) is 6.11. The second kappa shape index (κ2) is 7.41. The van der Waals surface area contributed by atoms with Crippen LogP contribution in [0.25, 0.3) is 0 Å². The normalized spacial score (nSPS) is 19.9. The molecule has 0 radical (unpaired) electrons. The van der Waals surface area contributed by atoms with Crippen molar-refractivity contribution in [1.82, 2.24) is 9.80 Å². The molecule has 0 N–H and O–H groups in total. The minimum absolute atomic E-state index is 0.241. The van der Waals surface area contributed by atoms with Crippen LogP contribution in [0.5, 0.6) is 0 Å². The van der Waals surface area contributed by atoms with Gasteiger partial charge in [-0.2, -0.15) is 0 Å². The summed E-state index contributed by atoms with van der Waals surface area (Å²) >= 11 is 0. The van der Waals surface area contributed by atoms with E-state index >= 15 is 0 Å². The molecule has 1 heterocycles. The van der Waals surface area contributed by atoms with Gasteiger partial charge in [-0.3, -0.25) is 4.90 Å². The average molecular weight is 226 g/mol. The Balaban J connectivity index is 2.23. The van der Waals surface area contributed by atoms with Crippen molar-refractivity contribution < 1.29 is 9.53 Å². The van der Waals surface area contributed by atoms with Gasteiger partial charge in [-0.1, -0.05) is 6.08 Å². The largest absolute Gasteiger partial charge is 0.463 e. The lowest BCUT2D eigenvalue weighted by atomic mass is 10.3. The third-order valence-electron chi connectivity index (χ3n) is 2.72. The molecular weight excluding hydrogens is 204 g/mol. The predicted octanol–water partition coefficient (Wildman–Crippen LogP) is 0.743. The van der Waals surface area contributed by atoms with Crippen LogP contribution in [-0.4, -0.2) is 62.1 Å². The van der Waals surface area contributed by atoms with Crippen LogP contribution in [0.1, 0.15) is 13.3 Å². The molecule has 4 nitrogen and oxygen atoms in total. The number of hydrogen-bond donors (Lipinski definition) is 0. The van der Waals surface area contributed by atoms with Crippen LogP contribution in [0.4, 0.5) is 0 Å². The summed E-state index contributed by atoms with van der Waals surface area (Å²) < 4.78 is 4.82. The number of ether oxygens (including phenoxy) is 1. The van der Waals surface area contributed by atoms with Crippen LogP contribution in [0, 0.1) is 0 Å². The fraction of sp³-hybridized carbons (Fsp3) is 0.750. The molecular formula is C12H22N2O2. The Morgan fingerprint density at radius 1 is 1.31 bits per heavy atom. The Morgan fingerprint density at radius 3 is 2.88 bits per heavy atom. The molecule has 0 saturated carbocycles. The van der Waals surface area contributed by atoms with Crippen LogP contribution in [-0.2, 0) is 9.53 Å². The van der Waals surface area contributed by atoms with E-state index in [2.05, 4.69) is 16.8 Å². The number of nitrogens with zero attached hydrogens (tertiary/aromatic N) is 2. The van der Waals surface area contributed by atoms with Gasteiger partial charge in [0.15, 0.2) is 0 Å². The van der Waals surface area contributed by atoms with E-state index in [1.54, 1.807) is 0 Å². The fourth-order valence-electron chi connectivity index (χ4n) is 1.77. The van der Waals surface area contributed by atoms with Crippen LogP contribution in [0.3, 0.4) is 0 Å². The van der Waals surface area contributed by atoms with Gasteiger partial charge in [-0.05, 0) is 33.5 Å². The van der Waals surface area contributed by atoms with Crippen molar-refractivity contribution in [2.45, 2.75) is 13.3 Å². The van der Waals surface area contributed by atoms with Crippen molar-refractivity contribution in [2.75, 3.05) is 46.4 Å². The van der Waals surface area contributed by atoms with Gasteiger partial charge in [-0.15, -0.1) is 0 Å². The molecule has 92 valence electrons. The van der Waals surface area contributed by atoms with E-state index in [4.69, 9.17) is 4.74 Å². The quantitative estimate of drug-likeness (QED) is 0.523. The lowest BCUT2D eigenvalue weighted by molar-refractivity contribution is -0.137. The first kappa shape index (κ1) is 13.2. The molecule has 0 atom stereocenters. The van der Waals surface area contributed by atoms with Gasteiger partial charge in [-0.25, -0.2) is 4.79 Å². The molecule has 4 heteroatoms. The Hall–Kier alpha value is -0.870. The third kappa shape index (κ3) is 5.28. The van der Waals surface area contributed by atoms with Gasteiger partial charge in [0.2, 0.25) is 0 Å². The molecule has 0 aromatic heterocycles. The molecule has 0 aromatic carbocycles. The molecule has 1 aliphatic rings. The molecule has 0 amide bonds. The maximum Gasteiger partial charge on any atom is 0.330 e. The van der Waals surface area contributed by atoms with Gasteiger partial charge < -0.3 is 9.64 Å². The van der Waals surface area contributed by atoms with Crippen LogP contribution >= 0.6 is 0 Å². The highest BCUT2D eigenvalue weighted by molar-refractivity contribution is 5.81. The van der Waals surface area contributed by atoms with Crippen LogP contribution < -0.4 is 0 Å². The minimum atomic E-state index is -0.241. The first-order valence-corrected chi connectivity index (χ1v) is 5.96. The highest BCUT2D eigenvalue weighted by Gasteiger charge is 2.10. The minimum Gasteiger partial charge on any atom is -0.463 e. The zero-order valence-electron chi connectivity index (χ0n) is 10.3. The molecule has 16 heavy (non-hydrogen) atoms. The predicted molar refractivity (Wildman–Crippen MR) is 64.3 cm³/mol. The second-order valence-electron chi connectivity index (χ2n) is 4.11. The number of likely N-dealkylation sites (N-methyl/N-ethyl adjacent to an activating group) is 1. The molecule has 1 aliphatic heterocycles. The summed E-state index contributed by atoms with van der Waals surface area (Å²) in [6.07, 6.45) is 4.62. The molecule has 0 aromatic rings. The molecule has 0 aliphatic carbocycles. The summed E-state index contributed by atoms with van der Waals surface area (Å²) in [5.41, 5.74) is 0. The number of rotatable bonds is 4. The van der Waals surface area contributed by atoms with E-state index < -0.39 is 0 Å². The van der Waals surface area contributed by atoms with Gasteiger partial charge in [0, 0.05) is 25.7 Å². The monoisotopic (exact) mass is 226 g/mol. The molecule has 1 rings (SSSR count). The summed E-state index contributed by atoms with van der Waals surface area (Å²) in [5.74, 6) is -0.241. The summed E-state index contributed by atoms with van der Waals surface area (Å²) in [5, 5.41) is 0. The Labute approximate surface area is 97.9 Å². The van der Waals surface area contributed by atoms with Crippen LogP contribution in [0.2, 0.25) is 0 Å². The average Bonchev–Trinajstić information content (AvgIpc) is 2.44. The fourth-order valence-corrected chi connectivity index (χ4v) is 1.77. The molecule has 1 saturated heterocycles. The zero-order chi connectivity index (χ0) is 11.8. The van der Waals surface area contributed by atoms with Crippen molar-refractivity contribution in [1.29, 1.82) is 0 Å². The zero-order valence-corrected chi connectivity index (χ0v) is 10.3. The van der Waals surface area contributed by atoms with Crippen LogP contribution in [0.15, 0.2) is 12.2 Å². The van der Waals surface area contributed by atoms with Crippen molar-refractivity contribution in [3.63, 3.8) is 0 Å². The van der Waals surface area contributed by atoms with Gasteiger partial charge >= 0.3 is 5.97 Å². The summed E-state index contributed by atoms with van der Waals surface area (Å²) in [4.78, 5) is 15.8. The topological polar surface area (TPSA) is 32.8 Å². The lowest BCUT2D eigenvalue weighted by Gasteiger charge is -2.17. The molecule has 0 spiro atoms. The van der Waals surface area contributed by atoms with Crippen molar-refractivity contribution in [2.24, 2.45) is 0 Å². The first-order chi connectivity index (χ1) is 7.72. The number of hydrogen-bond acceptors (Lipinski definition) is 4. The van der Waals surface area contributed by atoms with E-state index in [1.807, 2.05) is 13.0 Å². The SMILES string of the molecule is CCOC(=O)/C=C/CN1CCCN(C)CC1. The maximum atomic E-state index is 11.1. The van der Waals surface area contributed by atoms with Crippen molar-refractivity contribution in [3.8, 4) is 0 Å². The van der Waals surface area contributed by atoms with E-state index in [0.717, 1.165) is 32.7 Å². The van der Waals surface area contributed by atoms with E-state index in [-0.39, 0.29) is 5.97 Å². The van der Waals surface area contributed by atoms with Gasteiger partial charge in [0.25, 0.3) is 0 Å². The molecule has 1 fully saturated rings. The second-order valence-corrected chi connectivity index (χ2v) is 4.11. The van der Waals surface area contributed by atoms with Gasteiger partial charge in [0.05, 0.1) is 6.61 Å². The standard InChI is InChI=1S/C12H22N2O2/c1-3-16-12(15)6-4-8-14-9-5-7-13(2)10-11-14/h4,6H,3,5,7-11H2,1-2H3/b6-4+. The first-order valence-electron chi connectivity index (χ1n) is 5.96. The third-order valence-corrected chi connectivity index (χ3v) is 2.72. The Morgan fingerprint density at radius 2 is 2.12 bits per heavy atom. The van der Waals surface area contributed by atoms with Crippen molar-refractivity contribution >= 4 is 5.97 Å². The van der Waals surface area contributed by atoms with E-state index in [0.29, 0.717) is 6.61 Å². The number of carbonyl (C=O) groups excluding carboxylic acids is 1.